The van der Waals surface area contributed by atoms with E-state index in [0.29, 0.717) is 11.1 Å². The highest BCUT2D eigenvalue weighted by Gasteiger charge is 2.36. The molecule has 27 heavy (non-hydrogen) atoms. The highest BCUT2D eigenvalue weighted by Crippen LogP contribution is 2.49. The predicted octanol–water partition coefficient (Wildman–Crippen LogP) is 4.72. The Balaban J connectivity index is 1.53. The molecule has 2 aliphatic rings. The van der Waals surface area contributed by atoms with E-state index in [9.17, 15) is 9.59 Å². The first-order valence-corrected chi connectivity index (χ1v) is 9.54. The van der Waals surface area contributed by atoms with E-state index in [1.165, 1.54) is 9.80 Å². The number of carbonyl (C=O) groups is 2. The minimum atomic E-state index is -0.220. The van der Waals surface area contributed by atoms with E-state index in [4.69, 9.17) is 0 Å². The van der Waals surface area contributed by atoms with Gasteiger partial charge in [0.2, 0.25) is 0 Å². The Hall–Kier alpha value is -3.05. The van der Waals surface area contributed by atoms with Crippen molar-refractivity contribution in [3.63, 3.8) is 0 Å². The summed E-state index contributed by atoms with van der Waals surface area (Å²) in [7, 11) is 2.04. The lowest BCUT2D eigenvalue weighted by Crippen LogP contribution is -2.29. The maximum Gasteiger partial charge on any atom is 0.261 e. The molecule has 0 aromatic heterocycles. The van der Waals surface area contributed by atoms with Crippen molar-refractivity contribution in [2.45, 2.75) is 16.3 Å². The molecule has 2 amide bonds. The van der Waals surface area contributed by atoms with Crippen molar-refractivity contribution in [1.29, 1.82) is 0 Å². The highest BCUT2D eigenvalue weighted by atomic mass is 32.2. The summed E-state index contributed by atoms with van der Waals surface area (Å²) in [5.74, 6) is -0.439. The Labute approximate surface area is 161 Å². The number of hydrogen-bond donors (Lipinski definition) is 0. The van der Waals surface area contributed by atoms with Gasteiger partial charge in [0, 0.05) is 16.8 Å². The van der Waals surface area contributed by atoms with Gasteiger partial charge in [0.25, 0.3) is 11.8 Å². The standard InChI is InChI=1S/C22H16N2O2S/c1-23-17-10-4-5-12-19(17)27-20-14(7-6-11-18(20)23)13-24-21(25)15-8-2-3-9-16(15)22(24)26/h2-12H,13H2,1H3. The Bertz CT molecular complexity index is 1070. The predicted molar refractivity (Wildman–Crippen MR) is 106 cm³/mol. The third-order valence-electron chi connectivity index (χ3n) is 5.08. The molecule has 3 aromatic carbocycles. The summed E-state index contributed by atoms with van der Waals surface area (Å²) in [5.41, 5.74) is 4.21. The summed E-state index contributed by atoms with van der Waals surface area (Å²) in [5, 5.41) is 0. The molecule has 0 bridgehead atoms. The lowest BCUT2D eigenvalue weighted by molar-refractivity contribution is 0.0641. The number of para-hydroxylation sites is 1. The third kappa shape index (κ3) is 2.39. The van der Waals surface area contributed by atoms with Gasteiger partial charge in [0.05, 0.1) is 29.0 Å². The number of carbonyl (C=O) groups excluding carboxylic acids is 2. The highest BCUT2D eigenvalue weighted by molar-refractivity contribution is 7.99. The Morgan fingerprint density at radius 2 is 1.41 bits per heavy atom. The quantitative estimate of drug-likeness (QED) is 0.611. The second-order valence-electron chi connectivity index (χ2n) is 6.64. The largest absolute Gasteiger partial charge is 0.343 e. The molecule has 2 aliphatic heterocycles. The molecule has 0 atom stereocenters. The van der Waals surface area contributed by atoms with Crippen LogP contribution in [0.5, 0.6) is 0 Å². The van der Waals surface area contributed by atoms with Gasteiger partial charge in [0.1, 0.15) is 0 Å². The number of anilines is 2. The minimum absolute atomic E-state index is 0.220. The maximum absolute atomic E-state index is 12.7. The fourth-order valence-electron chi connectivity index (χ4n) is 3.69. The fraction of sp³-hybridized carbons (Fsp3) is 0.0909. The summed E-state index contributed by atoms with van der Waals surface area (Å²) < 4.78 is 0. The topological polar surface area (TPSA) is 40.6 Å². The smallest absolute Gasteiger partial charge is 0.261 e. The SMILES string of the molecule is CN1c2ccccc2Sc2c(CN3C(=O)c4ccccc4C3=O)cccc21. The molecule has 4 nitrogen and oxygen atoms in total. The summed E-state index contributed by atoms with van der Waals surface area (Å²) in [6, 6.07) is 21.3. The molecular formula is C22H16N2O2S. The molecule has 3 aromatic rings. The zero-order valence-electron chi connectivity index (χ0n) is 14.7. The summed E-state index contributed by atoms with van der Waals surface area (Å²) in [6.07, 6.45) is 0. The van der Waals surface area contributed by atoms with Crippen LogP contribution in [0.1, 0.15) is 26.3 Å². The number of nitrogens with zero attached hydrogens (tertiary/aromatic N) is 2. The van der Waals surface area contributed by atoms with E-state index in [2.05, 4.69) is 23.1 Å². The van der Waals surface area contributed by atoms with Crippen molar-refractivity contribution < 1.29 is 9.59 Å². The second-order valence-corrected chi connectivity index (χ2v) is 7.69. The Morgan fingerprint density at radius 3 is 2.15 bits per heavy atom. The van der Waals surface area contributed by atoms with Gasteiger partial charge in [-0.05, 0) is 35.9 Å². The van der Waals surface area contributed by atoms with Crippen molar-refractivity contribution >= 4 is 35.0 Å². The third-order valence-corrected chi connectivity index (χ3v) is 6.32. The van der Waals surface area contributed by atoms with Crippen LogP contribution in [0.25, 0.3) is 0 Å². The number of benzene rings is 3. The molecule has 2 heterocycles. The van der Waals surface area contributed by atoms with Crippen LogP contribution in [-0.2, 0) is 6.54 Å². The van der Waals surface area contributed by atoms with Crippen LogP contribution >= 0.6 is 11.8 Å². The van der Waals surface area contributed by atoms with Crippen LogP contribution in [0.3, 0.4) is 0 Å². The zero-order valence-corrected chi connectivity index (χ0v) is 15.5. The van der Waals surface area contributed by atoms with Gasteiger partial charge in [-0.3, -0.25) is 14.5 Å². The summed E-state index contributed by atoms with van der Waals surface area (Å²) in [4.78, 5) is 31.2. The molecule has 0 unspecified atom stereocenters. The molecule has 0 aliphatic carbocycles. The molecule has 132 valence electrons. The van der Waals surface area contributed by atoms with Gasteiger partial charge >= 0.3 is 0 Å². The van der Waals surface area contributed by atoms with Crippen molar-refractivity contribution in [3.05, 3.63) is 83.4 Å². The first-order chi connectivity index (χ1) is 13.1. The van der Waals surface area contributed by atoms with E-state index in [0.717, 1.165) is 21.8 Å². The van der Waals surface area contributed by atoms with Crippen molar-refractivity contribution in [2.75, 3.05) is 11.9 Å². The van der Waals surface area contributed by atoms with Crippen molar-refractivity contribution in [1.82, 2.24) is 4.90 Å². The number of amides is 2. The van der Waals surface area contributed by atoms with Crippen LogP contribution in [-0.4, -0.2) is 23.8 Å². The number of imide groups is 1. The van der Waals surface area contributed by atoms with Crippen LogP contribution < -0.4 is 4.90 Å². The summed E-state index contributed by atoms with van der Waals surface area (Å²) in [6.45, 7) is 0.276. The second kappa shape index (κ2) is 5.99. The molecule has 0 N–H and O–H groups in total. The monoisotopic (exact) mass is 372 g/mol. The average molecular weight is 372 g/mol. The van der Waals surface area contributed by atoms with E-state index in [-0.39, 0.29) is 18.4 Å². The minimum Gasteiger partial charge on any atom is -0.343 e. The molecule has 0 spiro atoms. The van der Waals surface area contributed by atoms with E-state index < -0.39 is 0 Å². The summed E-state index contributed by atoms with van der Waals surface area (Å²) >= 11 is 1.69. The van der Waals surface area contributed by atoms with Gasteiger partial charge in [0.15, 0.2) is 0 Å². The Morgan fingerprint density at radius 1 is 0.778 bits per heavy atom. The number of fused-ring (bicyclic) bond motifs is 3. The lowest BCUT2D eigenvalue weighted by atomic mass is 10.1. The maximum atomic E-state index is 12.7. The van der Waals surface area contributed by atoms with Crippen LogP contribution in [0, 0.1) is 0 Å². The van der Waals surface area contributed by atoms with Crippen molar-refractivity contribution in [2.24, 2.45) is 0 Å². The van der Waals surface area contributed by atoms with Gasteiger partial charge in [-0.25, -0.2) is 0 Å². The molecule has 5 rings (SSSR count). The van der Waals surface area contributed by atoms with Gasteiger partial charge < -0.3 is 4.90 Å². The van der Waals surface area contributed by atoms with Crippen molar-refractivity contribution in [3.8, 4) is 0 Å². The molecule has 0 fully saturated rings. The number of rotatable bonds is 2. The molecule has 0 saturated heterocycles. The normalized spacial score (nSPS) is 14.9. The molecular weight excluding hydrogens is 356 g/mol. The molecule has 5 heteroatoms. The average Bonchev–Trinajstić information content (AvgIpc) is 2.94. The first-order valence-electron chi connectivity index (χ1n) is 8.73. The van der Waals surface area contributed by atoms with E-state index >= 15 is 0 Å². The lowest BCUT2D eigenvalue weighted by Gasteiger charge is -2.31. The van der Waals surface area contributed by atoms with Crippen LogP contribution in [0.15, 0.2) is 76.5 Å². The first kappa shape index (κ1) is 16.1. The molecule has 0 radical (unpaired) electrons. The van der Waals surface area contributed by atoms with E-state index in [1.807, 2.05) is 31.3 Å². The van der Waals surface area contributed by atoms with Gasteiger partial charge in [-0.15, -0.1) is 0 Å². The van der Waals surface area contributed by atoms with Crippen LogP contribution in [0.2, 0.25) is 0 Å². The Kier molecular flexibility index (Phi) is 3.58. The van der Waals surface area contributed by atoms with E-state index in [1.54, 1.807) is 36.0 Å². The zero-order chi connectivity index (χ0) is 18.5. The fourth-order valence-corrected chi connectivity index (χ4v) is 4.94. The van der Waals surface area contributed by atoms with Crippen LogP contribution in [0.4, 0.5) is 11.4 Å². The molecule has 0 saturated carbocycles. The number of hydrogen-bond acceptors (Lipinski definition) is 4. The van der Waals surface area contributed by atoms with Gasteiger partial charge in [-0.1, -0.05) is 48.2 Å². The van der Waals surface area contributed by atoms with Gasteiger partial charge in [-0.2, -0.15) is 0 Å².